The maximum absolute atomic E-state index is 11.1. The van der Waals surface area contributed by atoms with Crippen LogP contribution in [0.1, 0.15) is 26.7 Å². The van der Waals surface area contributed by atoms with Gasteiger partial charge in [0.15, 0.2) is 0 Å². The van der Waals surface area contributed by atoms with Crippen molar-refractivity contribution in [3.63, 3.8) is 0 Å². The first-order valence-corrected chi connectivity index (χ1v) is 4.68. The summed E-state index contributed by atoms with van der Waals surface area (Å²) in [5, 5.41) is 20.3. The van der Waals surface area contributed by atoms with Gasteiger partial charge in [0.25, 0.3) is 5.91 Å². The van der Waals surface area contributed by atoms with Gasteiger partial charge in [0.1, 0.15) is 0 Å². The largest absolute Gasteiger partial charge is 0.393 e. The highest BCUT2D eigenvalue weighted by Crippen LogP contribution is 2.02. The first-order chi connectivity index (χ1) is 6.82. The smallest absolute Gasteiger partial charge is 0.252 e. The van der Waals surface area contributed by atoms with Crippen molar-refractivity contribution in [2.24, 2.45) is 0 Å². The van der Waals surface area contributed by atoms with E-state index in [-0.39, 0.29) is 18.4 Å². The van der Waals surface area contributed by atoms with Crippen LogP contribution in [-0.4, -0.2) is 34.2 Å². The van der Waals surface area contributed by atoms with Crippen LogP contribution in [0.3, 0.4) is 0 Å². The fourth-order valence-electron chi connectivity index (χ4n) is 0.975. The van der Waals surface area contributed by atoms with Crippen LogP contribution in [0.15, 0.2) is 12.2 Å². The van der Waals surface area contributed by atoms with E-state index in [1.54, 1.807) is 0 Å². The molecule has 0 aromatic heterocycles. The van der Waals surface area contributed by atoms with E-state index < -0.39 is 24.0 Å². The van der Waals surface area contributed by atoms with Crippen molar-refractivity contribution < 1.29 is 19.8 Å². The minimum absolute atomic E-state index is 0.106. The Bertz CT molecular complexity index is 260. The zero-order chi connectivity index (χ0) is 12.0. The van der Waals surface area contributed by atoms with Gasteiger partial charge >= 0.3 is 0 Å². The third kappa shape index (κ3) is 6.82. The average Bonchev–Trinajstić information content (AvgIpc) is 2.00. The molecule has 0 aliphatic heterocycles. The molecule has 15 heavy (non-hydrogen) atoms. The third-order valence-electron chi connectivity index (χ3n) is 1.67. The average molecular weight is 215 g/mol. The summed E-state index contributed by atoms with van der Waals surface area (Å²) in [5.74, 6) is -1.12. The van der Waals surface area contributed by atoms with Crippen LogP contribution in [0.2, 0.25) is 0 Å². The fraction of sp³-hybridized carbons (Fsp3) is 0.600. The van der Waals surface area contributed by atoms with Crippen molar-refractivity contribution in [1.29, 1.82) is 0 Å². The highest BCUT2D eigenvalue weighted by Gasteiger charge is 2.15. The molecular weight excluding hydrogens is 198 g/mol. The van der Waals surface area contributed by atoms with E-state index in [2.05, 4.69) is 11.9 Å². The molecule has 0 rings (SSSR count). The van der Waals surface area contributed by atoms with E-state index in [0.717, 1.165) is 0 Å². The predicted molar refractivity (Wildman–Crippen MR) is 54.9 cm³/mol. The second kappa shape index (κ2) is 6.31. The van der Waals surface area contributed by atoms with E-state index in [9.17, 15) is 14.7 Å². The van der Waals surface area contributed by atoms with Gasteiger partial charge < -0.3 is 10.2 Å². The van der Waals surface area contributed by atoms with Crippen LogP contribution >= 0.6 is 0 Å². The number of nitrogens with one attached hydrogen (secondary N) is 1. The first-order valence-electron chi connectivity index (χ1n) is 4.68. The number of carbonyl (C=O) groups is 2. The lowest BCUT2D eigenvalue weighted by atomic mass is 10.1. The van der Waals surface area contributed by atoms with Gasteiger partial charge in [-0.05, 0) is 20.3 Å². The van der Waals surface area contributed by atoms with E-state index in [4.69, 9.17) is 5.11 Å². The molecule has 3 N–H and O–H groups in total. The molecule has 0 aromatic carbocycles. The molecule has 0 spiro atoms. The van der Waals surface area contributed by atoms with E-state index in [1.807, 2.05) is 0 Å². The maximum Gasteiger partial charge on any atom is 0.252 e. The van der Waals surface area contributed by atoms with Gasteiger partial charge in [-0.1, -0.05) is 6.58 Å². The van der Waals surface area contributed by atoms with Gasteiger partial charge in [-0.15, -0.1) is 0 Å². The van der Waals surface area contributed by atoms with Crippen LogP contribution in [-0.2, 0) is 9.59 Å². The summed E-state index contributed by atoms with van der Waals surface area (Å²) in [4.78, 5) is 22.1. The van der Waals surface area contributed by atoms with Crippen molar-refractivity contribution in [3.8, 4) is 0 Å². The lowest BCUT2D eigenvalue weighted by Crippen LogP contribution is -2.33. The van der Waals surface area contributed by atoms with Crippen LogP contribution in [0.5, 0.6) is 0 Å². The first kappa shape index (κ1) is 13.8. The Kier molecular flexibility index (Phi) is 5.81. The Hall–Kier alpha value is -1.20. The number of rotatable bonds is 5. The van der Waals surface area contributed by atoms with Crippen LogP contribution in [0.4, 0.5) is 0 Å². The SMILES string of the molecule is C=C(C)C(=O)NC(=O)CC(O)CC(C)O. The second-order valence-electron chi connectivity index (χ2n) is 3.60. The standard InChI is InChI=1S/C10H17NO4/c1-6(2)10(15)11-9(14)5-8(13)4-7(3)12/h7-8,12-13H,1,4-5H2,2-3H3,(H,11,14,15). The quantitative estimate of drug-likeness (QED) is 0.551. The molecule has 0 bridgehead atoms. The van der Waals surface area contributed by atoms with Gasteiger partial charge in [0.05, 0.1) is 18.6 Å². The summed E-state index contributed by atoms with van der Waals surface area (Å²) in [7, 11) is 0. The Morgan fingerprint density at radius 3 is 2.33 bits per heavy atom. The Labute approximate surface area is 88.8 Å². The Balaban J connectivity index is 3.93. The van der Waals surface area contributed by atoms with Gasteiger partial charge in [-0.25, -0.2) is 0 Å². The summed E-state index contributed by atoms with van der Waals surface area (Å²) < 4.78 is 0. The number of aliphatic hydroxyl groups is 2. The molecular formula is C10H17NO4. The lowest BCUT2D eigenvalue weighted by Gasteiger charge is -2.11. The normalized spacial score (nSPS) is 14.1. The molecule has 0 saturated heterocycles. The minimum atomic E-state index is -0.942. The number of hydrogen-bond acceptors (Lipinski definition) is 4. The molecule has 2 atom stereocenters. The lowest BCUT2D eigenvalue weighted by molar-refractivity contribution is -0.129. The fourth-order valence-corrected chi connectivity index (χ4v) is 0.975. The summed E-state index contributed by atoms with van der Waals surface area (Å²) in [6.07, 6.45) is -1.72. The molecule has 0 heterocycles. The van der Waals surface area contributed by atoms with Crippen LogP contribution < -0.4 is 5.32 Å². The molecule has 0 aromatic rings. The monoisotopic (exact) mass is 215 g/mol. The molecule has 0 fully saturated rings. The van der Waals surface area contributed by atoms with Crippen molar-refractivity contribution in [2.75, 3.05) is 0 Å². The minimum Gasteiger partial charge on any atom is -0.393 e. The maximum atomic E-state index is 11.1. The summed E-state index contributed by atoms with van der Waals surface area (Å²) in [5.41, 5.74) is 0.230. The molecule has 0 aliphatic carbocycles. The predicted octanol–water partition coefficient (Wildman–Crippen LogP) is -0.273. The molecule has 2 amide bonds. The number of carbonyl (C=O) groups excluding carboxylic acids is 2. The van der Waals surface area contributed by atoms with E-state index in [0.29, 0.717) is 0 Å². The number of aliphatic hydroxyl groups excluding tert-OH is 2. The molecule has 5 heteroatoms. The Morgan fingerprint density at radius 1 is 1.40 bits per heavy atom. The highest BCUT2D eigenvalue weighted by molar-refractivity contribution is 6.03. The summed E-state index contributed by atoms with van der Waals surface area (Å²) in [6.45, 7) is 6.36. The Morgan fingerprint density at radius 2 is 1.93 bits per heavy atom. The number of amides is 2. The summed E-state index contributed by atoms with van der Waals surface area (Å²) in [6, 6.07) is 0. The van der Waals surface area contributed by atoms with Gasteiger partial charge in [0.2, 0.25) is 5.91 Å². The van der Waals surface area contributed by atoms with Crippen molar-refractivity contribution >= 4 is 11.8 Å². The van der Waals surface area contributed by atoms with Crippen molar-refractivity contribution in [1.82, 2.24) is 5.32 Å². The molecule has 5 nitrogen and oxygen atoms in total. The second-order valence-corrected chi connectivity index (χ2v) is 3.60. The zero-order valence-corrected chi connectivity index (χ0v) is 8.99. The molecule has 0 saturated carbocycles. The molecule has 86 valence electrons. The van der Waals surface area contributed by atoms with Gasteiger partial charge in [0, 0.05) is 5.57 Å². The number of hydrogen-bond donors (Lipinski definition) is 3. The number of imide groups is 1. The van der Waals surface area contributed by atoms with E-state index >= 15 is 0 Å². The van der Waals surface area contributed by atoms with Crippen molar-refractivity contribution in [3.05, 3.63) is 12.2 Å². The van der Waals surface area contributed by atoms with E-state index in [1.165, 1.54) is 13.8 Å². The molecule has 0 radical (unpaired) electrons. The van der Waals surface area contributed by atoms with Gasteiger partial charge in [-0.2, -0.15) is 0 Å². The molecule has 2 unspecified atom stereocenters. The van der Waals surface area contributed by atoms with Crippen LogP contribution in [0.25, 0.3) is 0 Å². The van der Waals surface area contributed by atoms with Crippen LogP contribution in [0, 0.1) is 0 Å². The zero-order valence-electron chi connectivity index (χ0n) is 8.99. The summed E-state index contributed by atoms with van der Waals surface area (Å²) >= 11 is 0. The highest BCUT2D eigenvalue weighted by atomic mass is 16.3. The van der Waals surface area contributed by atoms with Gasteiger partial charge in [-0.3, -0.25) is 14.9 Å². The van der Waals surface area contributed by atoms with Crippen molar-refractivity contribution in [2.45, 2.75) is 38.9 Å². The topological polar surface area (TPSA) is 86.6 Å². The molecule has 0 aliphatic rings. The third-order valence-corrected chi connectivity index (χ3v) is 1.67.